The van der Waals surface area contributed by atoms with Crippen molar-refractivity contribution in [2.75, 3.05) is 0 Å². The number of nitrogens with one attached hydrogen (secondary N) is 1. The zero-order valence-corrected chi connectivity index (χ0v) is 13.1. The zero-order chi connectivity index (χ0) is 17.0. The van der Waals surface area contributed by atoms with Crippen LogP contribution in [0.3, 0.4) is 0 Å². The first-order valence-corrected chi connectivity index (χ1v) is 7.06. The normalized spacial score (nSPS) is 15.0. The maximum absolute atomic E-state index is 11.9. The van der Waals surface area contributed by atoms with Crippen LogP contribution in [-0.2, 0) is 9.59 Å². The molecule has 0 saturated heterocycles. The van der Waals surface area contributed by atoms with E-state index in [9.17, 15) is 24.9 Å². The van der Waals surface area contributed by atoms with Gasteiger partial charge in [-0.05, 0) is 25.8 Å². The molecule has 1 heterocycles. The predicted octanol–water partition coefficient (Wildman–Crippen LogP) is 1.05. The Balaban J connectivity index is 3.15. The molecule has 7 heteroatoms. The highest BCUT2D eigenvalue weighted by Crippen LogP contribution is 2.31. The molecular formula is C15H22N2O5. The number of carboxylic acids is 1. The molecule has 22 heavy (non-hydrogen) atoms. The van der Waals surface area contributed by atoms with Crippen LogP contribution in [-0.4, -0.2) is 38.2 Å². The summed E-state index contributed by atoms with van der Waals surface area (Å²) >= 11 is 0. The number of carbonyl (C=O) groups is 2. The SMILES string of the molecule is CCC(C)C(=O)NC(C(=O)O)C(O)c1c(C)cnc(C)c1O. The molecule has 0 fully saturated rings. The first kappa shape index (κ1) is 17.9. The van der Waals surface area contributed by atoms with E-state index in [4.69, 9.17) is 0 Å². The molecule has 0 aromatic carbocycles. The van der Waals surface area contributed by atoms with Crippen LogP contribution in [0.15, 0.2) is 6.20 Å². The molecule has 1 amide bonds. The molecule has 0 aliphatic rings. The summed E-state index contributed by atoms with van der Waals surface area (Å²) in [6.07, 6.45) is 0.405. The number of amides is 1. The molecule has 0 bridgehead atoms. The third kappa shape index (κ3) is 3.73. The first-order chi connectivity index (χ1) is 10.2. The van der Waals surface area contributed by atoms with E-state index in [1.54, 1.807) is 27.7 Å². The van der Waals surface area contributed by atoms with Gasteiger partial charge < -0.3 is 20.6 Å². The summed E-state index contributed by atoms with van der Waals surface area (Å²) in [4.78, 5) is 27.2. The maximum Gasteiger partial charge on any atom is 0.329 e. The van der Waals surface area contributed by atoms with Crippen molar-refractivity contribution < 1.29 is 24.9 Å². The highest BCUT2D eigenvalue weighted by Gasteiger charge is 2.33. The second-order valence-electron chi connectivity index (χ2n) is 5.37. The lowest BCUT2D eigenvalue weighted by Gasteiger charge is -2.24. The number of hydrogen-bond donors (Lipinski definition) is 4. The van der Waals surface area contributed by atoms with Crippen molar-refractivity contribution in [3.8, 4) is 5.75 Å². The van der Waals surface area contributed by atoms with E-state index >= 15 is 0 Å². The van der Waals surface area contributed by atoms with Crippen molar-refractivity contribution in [1.29, 1.82) is 0 Å². The smallest absolute Gasteiger partial charge is 0.329 e. The molecule has 0 spiro atoms. The van der Waals surface area contributed by atoms with Gasteiger partial charge in [0.05, 0.1) is 5.69 Å². The lowest BCUT2D eigenvalue weighted by atomic mass is 9.96. The summed E-state index contributed by atoms with van der Waals surface area (Å²) < 4.78 is 0. The van der Waals surface area contributed by atoms with Crippen LogP contribution in [0.2, 0.25) is 0 Å². The van der Waals surface area contributed by atoms with Crippen molar-refractivity contribution in [1.82, 2.24) is 10.3 Å². The Kier molecular flexibility index (Phi) is 5.87. The maximum atomic E-state index is 11.9. The number of nitrogens with zero attached hydrogens (tertiary/aromatic N) is 1. The van der Waals surface area contributed by atoms with Gasteiger partial charge in [-0.2, -0.15) is 0 Å². The molecule has 122 valence electrons. The number of rotatable bonds is 6. The van der Waals surface area contributed by atoms with E-state index in [1.165, 1.54) is 6.20 Å². The van der Waals surface area contributed by atoms with Crippen molar-refractivity contribution in [3.63, 3.8) is 0 Å². The Morgan fingerprint density at radius 3 is 2.45 bits per heavy atom. The van der Waals surface area contributed by atoms with Crippen molar-refractivity contribution in [2.45, 2.75) is 46.3 Å². The Hall–Kier alpha value is -2.15. The lowest BCUT2D eigenvalue weighted by molar-refractivity contribution is -0.146. The highest BCUT2D eigenvalue weighted by molar-refractivity contribution is 5.85. The van der Waals surface area contributed by atoms with Gasteiger partial charge >= 0.3 is 5.97 Å². The molecule has 0 saturated carbocycles. The summed E-state index contributed by atoms with van der Waals surface area (Å²) in [5.41, 5.74) is 0.779. The van der Waals surface area contributed by atoms with Crippen LogP contribution < -0.4 is 5.32 Å². The van der Waals surface area contributed by atoms with Crippen LogP contribution in [0.4, 0.5) is 0 Å². The van der Waals surface area contributed by atoms with E-state index in [0.717, 1.165) is 0 Å². The Bertz CT molecular complexity index is 573. The third-order valence-electron chi connectivity index (χ3n) is 3.71. The number of aromatic nitrogens is 1. The number of aliphatic carboxylic acids is 1. The number of aryl methyl sites for hydroxylation is 2. The summed E-state index contributed by atoms with van der Waals surface area (Å²) in [6, 6.07) is -1.55. The quantitative estimate of drug-likeness (QED) is 0.623. The predicted molar refractivity (Wildman–Crippen MR) is 79.4 cm³/mol. The number of carboxylic acid groups (broad SMARTS) is 1. The molecule has 3 atom stereocenters. The zero-order valence-electron chi connectivity index (χ0n) is 13.1. The Morgan fingerprint density at radius 1 is 1.36 bits per heavy atom. The van der Waals surface area contributed by atoms with Crippen LogP contribution in [0.1, 0.15) is 43.2 Å². The molecule has 0 radical (unpaired) electrons. The van der Waals surface area contributed by atoms with E-state index < -0.39 is 24.0 Å². The van der Waals surface area contributed by atoms with E-state index in [2.05, 4.69) is 10.3 Å². The Morgan fingerprint density at radius 2 is 1.95 bits per heavy atom. The van der Waals surface area contributed by atoms with Gasteiger partial charge in [-0.1, -0.05) is 13.8 Å². The van der Waals surface area contributed by atoms with Crippen molar-refractivity contribution in [3.05, 3.63) is 23.0 Å². The fourth-order valence-corrected chi connectivity index (χ4v) is 2.00. The largest absolute Gasteiger partial charge is 0.506 e. The second kappa shape index (κ2) is 7.22. The molecule has 0 aliphatic heterocycles. The first-order valence-electron chi connectivity index (χ1n) is 7.06. The minimum absolute atomic E-state index is 0.0596. The van der Waals surface area contributed by atoms with E-state index in [1.807, 2.05) is 0 Å². The average molecular weight is 310 g/mol. The van der Waals surface area contributed by atoms with Gasteiger partial charge in [-0.3, -0.25) is 9.78 Å². The standard InChI is InChI=1S/C15H22N2O5/c1-5-7(2)14(20)17-11(15(21)22)13(19)10-8(3)6-16-9(4)12(10)18/h6-7,11,13,18-19H,5H2,1-4H3,(H,17,20)(H,21,22). The number of carbonyl (C=O) groups excluding carboxylic acids is 1. The molecular weight excluding hydrogens is 288 g/mol. The third-order valence-corrected chi connectivity index (χ3v) is 3.71. The van der Waals surface area contributed by atoms with Crippen LogP contribution in [0.25, 0.3) is 0 Å². The van der Waals surface area contributed by atoms with E-state index in [0.29, 0.717) is 12.0 Å². The summed E-state index contributed by atoms with van der Waals surface area (Å²) in [7, 11) is 0. The number of aliphatic hydroxyl groups excluding tert-OH is 1. The molecule has 0 aliphatic carbocycles. The van der Waals surface area contributed by atoms with Crippen LogP contribution in [0.5, 0.6) is 5.75 Å². The second-order valence-corrected chi connectivity index (χ2v) is 5.37. The highest BCUT2D eigenvalue weighted by atomic mass is 16.4. The fraction of sp³-hybridized carbons (Fsp3) is 0.533. The molecule has 1 aromatic heterocycles. The molecule has 4 N–H and O–H groups in total. The molecule has 1 aromatic rings. The molecule has 7 nitrogen and oxygen atoms in total. The van der Waals surface area contributed by atoms with Gasteiger partial charge in [0, 0.05) is 17.7 Å². The number of pyridine rings is 1. The van der Waals surface area contributed by atoms with Gasteiger partial charge in [0.1, 0.15) is 11.9 Å². The number of aromatic hydroxyl groups is 1. The summed E-state index contributed by atoms with van der Waals surface area (Å²) in [6.45, 7) is 6.61. The minimum atomic E-state index is -1.58. The van der Waals surface area contributed by atoms with Gasteiger partial charge in [-0.25, -0.2) is 4.79 Å². The van der Waals surface area contributed by atoms with Crippen molar-refractivity contribution >= 4 is 11.9 Å². The average Bonchev–Trinajstić information content (AvgIpc) is 2.47. The summed E-state index contributed by atoms with van der Waals surface area (Å²) in [5.74, 6) is -2.48. The molecule has 3 unspecified atom stereocenters. The van der Waals surface area contributed by atoms with E-state index in [-0.39, 0.29) is 22.9 Å². The van der Waals surface area contributed by atoms with Gasteiger partial charge in [0.25, 0.3) is 0 Å². The van der Waals surface area contributed by atoms with Crippen LogP contribution in [0, 0.1) is 19.8 Å². The topological polar surface area (TPSA) is 120 Å². The molecule has 1 rings (SSSR count). The number of hydrogen-bond acceptors (Lipinski definition) is 5. The minimum Gasteiger partial charge on any atom is -0.506 e. The fourth-order valence-electron chi connectivity index (χ4n) is 2.00. The summed E-state index contributed by atoms with van der Waals surface area (Å²) in [5, 5.41) is 32.0. The van der Waals surface area contributed by atoms with Crippen LogP contribution >= 0.6 is 0 Å². The Labute approximate surface area is 129 Å². The van der Waals surface area contributed by atoms with Crippen molar-refractivity contribution in [2.24, 2.45) is 5.92 Å². The van der Waals surface area contributed by atoms with Gasteiger partial charge in [-0.15, -0.1) is 0 Å². The number of aliphatic hydroxyl groups is 1. The monoisotopic (exact) mass is 310 g/mol. The van der Waals surface area contributed by atoms with Gasteiger partial charge in [0.15, 0.2) is 6.04 Å². The lowest BCUT2D eigenvalue weighted by Crippen LogP contribution is -2.47. The van der Waals surface area contributed by atoms with Gasteiger partial charge in [0.2, 0.25) is 5.91 Å².